The second-order valence-corrected chi connectivity index (χ2v) is 8.70. The van der Waals surface area contributed by atoms with E-state index in [1.165, 1.54) is 15.6 Å². The van der Waals surface area contributed by atoms with Crippen molar-refractivity contribution in [2.75, 3.05) is 6.54 Å². The fourth-order valence-electron chi connectivity index (χ4n) is 3.78. The maximum atomic E-state index is 13.1. The first-order chi connectivity index (χ1) is 16.5. The fraction of sp³-hybridized carbons (Fsp3) is 0.304. The number of hydrogen-bond donors (Lipinski definition) is 2. The van der Waals surface area contributed by atoms with Crippen molar-refractivity contribution in [3.8, 4) is 0 Å². The van der Waals surface area contributed by atoms with Gasteiger partial charge in [0, 0.05) is 23.0 Å². The number of carbonyl (C=O) groups is 3. The minimum Gasteiger partial charge on any atom is -0.364 e. The average molecular weight is 508 g/mol. The van der Waals surface area contributed by atoms with Crippen LogP contribution in [0.15, 0.2) is 42.5 Å². The fourth-order valence-corrected chi connectivity index (χ4v) is 4.04. The van der Waals surface area contributed by atoms with Gasteiger partial charge in [0.2, 0.25) is 11.8 Å². The Bertz CT molecular complexity index is 1300. The van der Waals surface area contributed by atoms with Gasteiger partial charge >= 0.3 is 6.18 Å². The topological polar surface area (TPSA) is 110 Å². The summed E-state index contributed by atoms with van der Waals surface area (Å²) in [6.45, 7) is -0.653. The highest BCUT2D eigenvalue weighted by Crippen LogP contribution is 2.32. The normalized spacial score (nSPS) is 13.6. The van der Waals surface area contributed by atoms with Crippen LogP contribution in [0.1, 0.15) is 34.5 Å². The molecule has 184 valence electrons. The van der Waals surface area contributed by atoms with Gasteiger partial charge in [0.05, 0.1) is 17.6 Å². The number of para-hydroxylation sites is 1. The molecule has 3 N–H and O–H groups in total. The molecule has 1 aliphatic carbocycles. The molecule has 1 saturated carbocycles. The second-order valence-electron chi connectivity index (χ2n) is 8.26. The number of fused-ring (bicyclic) bond motifs is 1. The Morgan fingerprint density at radius 2 is 1.89 bits per heavy atom. The predicted octanol–water partition coefficient (Wildman–Crippen LogP) is 3.11. The Morgan fingerprint density at radius 1 is 1.17 bits per heavy atom. The van der Waals surface area contributed by atoms with E-state index in [-0.39, 0.29) is 47.9 Å². The molecule has 0 radical (unpaired) electrons. The van der Waals surface area contributed by atoms with Gasteiger partial charge in [-0.25, -0.2) is 0 Å². The van der Waals surface area contributed by atoms with E-state index in [0.717, 1.165) is 25.0 Å². The van der Waals surface area contributed by atoms with Crippen molar-refractivity contribution in [2.24, 2.45) is 5.73 Å². The van der Waals surface area contributed by atoms with Gasteiger partial charge < -0.3 is 16.0 Å². The zero-order valence-corrected chi connectivity index (χ0v) is 19.1. The number of rotatable bonds is 8. The Hall–Kier alpha value is -3.60. The lowest BCUT2D eigenvalue weighted by Crippen LogP contribution is -2.43. The van der Waals surface area contributed by atoms with E-state index in [1.54, 1.807) is 24.3 Å². The summed E-state index contributed by atoms with van der Waals surface area (Å²) in [7, 11) is 0. The van der Waals surface area contributed by atoms with Crippen LogP contribution >= 0.6 is 11.6 Å². The van der Waals surface area contributed by atoms with Crippen molar-refractivity contribution in [2.45, 2.75) is 38.1 Å². The minimum atomic E-state index is -4.57. The number of carbonyl (C=O) groups excluding carboxylic acids is 3. The summed E-state index contributed by atoms with van der Waals surface area (Å²) in [5, 5.41) is 7.14. The monoisotopic (exact) mass is 507 g/mol. The highest BCUT2D eigenvalue weighted by atomic mass is 35.5. The zero-order chi connectivity index (χ0) is 25.3. The van der Waals surface area contributed by atoms with Gasteiger partial charge in [-0.05, 0) is 42.7 Å². The molecule has 0 saturated heterocycles. The quantitative estimate of drug-likeness (QED) is 0.488. The second kappa shape index (κ2) is 9.57. The predicted molar refractivity (Wildman–Crippen MR) is 121 cm³/mol. The van der Waals surface area contributed by atoms with Crippen molar-refractivity contribution in [1.82, 2.24) is 20.0 Å². The third-order valence-corrected chi connectivity index (χ3v) is 5.79. The number of hydrogen-bond acceptors (Lipinski definition) is 4. The van der Waals surface area contributed by atoms with E-state index in [1.807, 2.05) is 0 Å². The maximum absolute atomic E-state index is 13.1. The van der Waals surface area contributed by atoms with Gasteiger partial charge in [-0.2, -0.15) is 18.3 Å². The average Bonchev–Trinajstić information content (AvgIpc) is 3.56. The van der Waals surface area contributed by atoms with Crippen molar-refractivity contribution in [3.63, 3.8) is 0 Å². The maximum Gasteiger partial charge on any atom is 0.416 e. The molecule has 2 aromatic carbocycles. The summed E-state index contributed by atoms with van der Waals surface area (Å²) in [6, 6.07) is 9.78. The lowest BCUT2D eigenvalue weighted by molar-refractivity contribution is -0.138. The summed E-state index contributed by atoms with van der Waals surface area (Å²) < 4.78 is 40.4. The minimum absolute atomic E-state index is 0.0452. The van der Waals surface area contributed by atoms with Crippen molar-refractivity contribution < 1.29 is 27.6 Å². The standard InChI is InChI=1S/C23H21ClF3N5O3/c24-15-8-13(7-14(9-15)23(25,26)27)10-29-19(33)11-31(16-5-6-16)20(34)12-32-18-4-2-1-3-17(18)21(30-32)22(28)35/h1-4,7-9,16H,5-6,10-12H2,(H2,28,35)(H,29,33). The van der Waals surface area contributed by atoms with Crippen LogP contribution in [-0.2, 0) is 28.9 Å². The van der Waals surface area contributed by atoms with Gasteiger partial charge in [0.25, 0.3) is 5.91 Å². The Labute approximate surface area is 202 Å². The first kappa shape index (κ1) is 24.5. The molecule has 1 heterocycles. The summed E-state index contributed by atoms with van der Waals surface area (Å²) in [4.78, 5) is 38.7. The van der Waals surface area contributed by atoms with E-state index in [9.17, 15) is 27.6 Å². The summed E-state index contributed by atoms with van der Waals surface area (Å²) in [5.41, 5.74) is 5.27. The summed E-state index contributed by atoms with van der Waals surface area (Å²) >= 11 is 5.78. The number of amides is 3. The Balaban J connectivity index is 1.44. The van der Waals surface area contributed by atoms with Crippen LogP contribution in [-0.4, -0.2) is 45.0 Å². The molecule has 35 heavy (non-hydrogen) atoms. The number of nitrogens with one attached hydrogen (secondary N) is 1. The summed E-state index contributed by atoms with van der Waals surface area (Å²) in [6.07, 6.45) is -3.10. The number of alkyl halides is 3. The van der Waals surface area contributed by atoms with Crippen LogP contribution in [0.3, 0.4) is 0 Å². The highest BCUT2D eigenvalue weighted by molar-refractivity contribution is 6.30. The van der Waals surface area contributed by atoms with E-state index in [2.05, 4.69) is 10.4 Å². The lowest BCUT2D eigenvalue weighted by Gasteiger charge is -2.22. The molecule has 0 unspecified atom stereocenters. The number of primary amides is 1. The van der Waals surface area contributed by atoms with Gasteiger partial charge in [-0.15, -0.1) is 0 Å². The van der Waals surface area contributed by atoms with Gasteiger partial charge in [0.15, 0.2) is 5.69 Å². The van der Waals surface area contributed by atoms with E-state index < -0.39 is 23.6 Å². The van der Waals surface area contributed by atoms with Crippen LogP contribution in [0.2, 0.25) is 5.02 Å². The van der Waals surface area contributed by atoms with Gasteiger partial charge in [0.1, 0.15) is 6.54 Å². The van der Waals surface area contributed by atoms with Crippen LogP contribution < -0.4 is 11.1 Å². The highest BCUT2D eigenvalue weighted by Gasteiger charge is 2.34. The molecule has 0 bridgehead atoms. The molecule has 3 aromatic rings. The summed E-state index contributed by atoms with van der Waals surface area (Å²) in [5.74, 6) is -1.63. The van der Waals surface area contributed by atoms with Crippen LogP contribution in [0.5, 0.6) is 0 Å². The third-order valence-electron chi connectivity index (χ3n) is 5.57. The van der Waals surface area contributed by atoms with E-state index in [4.69, 9.17) is 17.3 Å². The number of nitrogens with zero attached hydrogens (tertiary/aromatic N) is 3. The first-order valence-corrected chi connectivity index (χ1v) is 11.1. The molecule has 3 amide bonds. The molecule has 1 fully saturated rings. The van der Waals surface area contributed by atoms with Crippen LogP contribution in [0.25, 0.3) is 10.9 Å². The zero-order valence-electron chi connectivity index (χ0n) is 18.3. The molecule has 0 atom stereocenters. The van der Waals surface area contributed by atoms with Crippen LogP contribution in [0.4, 0.5) is 13.2 Å². The molecule has 1 aliphatic rings. The number of halogens is 4. The third kappa shape index (κ3) is 5.73. The molecule has 0 spiro atoms. The van der Waals surface area contributed by atoms with Crippen molar-refractivity contribution in [1.29, 1.82) is 0 Å². The molecular formula is C23H21ClF3N5O3. The molecule has 0 aliphatic heterocycles. The van der Waals surface area contributed by atoms with Crippen LogP contribution in [0, 0.1) is 0 Å². The number of aromatic nitrogens is 2. The van der Waals surface area contributed by atoms with E-state index >= 15 is 0 Å². The van der Waals surface area contributed by atoms with Gasteiger partial charge in [-0.3, -0.25) is 19.1 Å². The van der Waals surface area contributed by atoms with Crippen molar-refractivity contribution in [3.05, 3.63) is 64.3 Å². The Kier molecular flexibility index (Phi) is 6.70. The van der Waals surface area contributed by atoms with Gasteiger partial charge in [-0.1, -0.05) is 29.8 Å². The Morgan fingerprint density at radius 3 is 2.54 bits per heavy atom. The molecular weight excluding hydrogens is 487 g/mol. The SMILES string of the molecule is NC(=O)c1nn(CC(=O)N(CC(=O)NCc2cc(Cl)cc(C(F)(F)F)c2)C2CC2)c2ccccc12. The number of benzene rings is 2. The van der Waals surface area contributed by atoms with Crippen molar-refractivity contribution >= 4 is 40.2 Å². The van der Waals surface area contributed by atoms with E-state index in [0.29, 0.717) is 10.9 Å². The lowest BCUT2D eigenvalue weighted by atomic mass is 10.1. The smallest absolute Gasteiger partial charge is 0.364 e. The first-order valence-electron chi connectivity index (χ1n) is 10.7. The molecule has 1 aromatic heterocycles. The molecule has 4 rings (SSSR count). The number of nitrogens with two attached hydrogens (primary N) is 1. The largest absolute Gasteiger partial charge is 0.416 e. The molecule has 8 nitrogen and oxygen atoms in total. The molecule has 12 heteroatoms.